The van der Waals surface area contributed by atoms with Crippen molar-refractivity contribution in [2.45, 2.75) is 46.5 Å². The highest BCUT2D eigenvalue weighted by atomic mass is 35.5. The first-order chi connectivity index (χ1) is 23.9. The van der Waals surface area contributed by atoms with Gasteiger partial charge in [0.2, 0.25) is 0 Å². The van der Waals surface area contributed by atoms with Crippen LogP contribution in [0.3, 0.4) is 0 Å². The quantitative estimate of drug-likeness (QED) is 0.178. The normalized spacial score (nSPS) is 13.9. The second-order valence-electron chi connectivity index (χ2n) is 11.9. The molecule has 0 spiro atoms. The van der Waals surface area contributed by atoms with Gasteiger partial charge in [-0.2, -0.15) is 13.2 Å². The van der Waals surface area contributed by atoms with E-state index in [-0.39, 0.29) is 22.2 Å². The molecular weight excluding hydrogens is 763 g/mol. The highest BCUT2D eigenvalue weighted by Crippen LogP contribution is 2.32. The number of aliphatic carboxylic acids is 1. The van der Waals surface area contributed by atoms with E-state index in [2.05, 4.69) is 5.32 Å². The maximum absolute atomic E-state index is 12.9. The first kappa shape index (κ1) is 44.1. The van der Waals surface area contributed by atoms with Crippen molar-refractivity contribution in [1.82, 2.24) is 19.5 Å². The summed E-state index contributed by atoms with van der Waals surface area (Å²) in [6, 6.07) is 11.4. The minimum atomic E-state index is -4.86. The summed E-state index contributed by atoms with van der Waals surface area (Å²) < 4.78 is 54.6. The summed E-state index contributed by atoms with van der Waals surface area (Å²) in [5, 5.41) is 12.1. The Morgan fingerprint density at radius 3 is 2.17 bits per heavy atom. The predicted molar refractivity (Wildman–Crippen MR) is 182 cm³/mol. The van der Waals surface area contributed by atoms with E-state index in [0.717, 1.165) is 18.7 Å². The van der Waals surface area contributed by atoms with Crippen LogP contribution in [0.2, 0.25) is 10.0 Å². The van der Waals surface area contributed by atoms with Crippen LogP contribution in [0.25, 0.3) is 5.69 Å². The number of benzene rings is 2. The lowest BCUT2D eigenvalue weighted by Gasteiger charge is -2.16. The summed E-state index contributed by atoms with van der Waals surface area (Å²) in [5.41, 5.74) is -3.54. The molecule has 0 radical (unpaired) electrons. The summed E-state index contributed by atoms with van der Waals surface area (Å²) in [6.07, 6.45) is -5.90. The molecule has 0 aliphatic carbocycles. The van der Waals surface area contributed by atoms with E-state index in [9.17, 15) is 41.7 Å². The number of hydroxylamine groups is 2. The van der Waals surface area contributed by atoms with E-state index in [1.165, 1.54) is 17.2 Å². The van der Waals surface area contributed by atoms with Gasteiger partial charge < -0.3 is 19.6 Å². The third-order valence-electron chi connectivity index (χ3n) is 6.63. The van der Waals surface area contributed by atoms with Gasteiger partial charge in [-0.3, -0.25) is 33.7 Å². The van der Waals surface area contributed by atoms with Crippen LogP contribution in [0.1, 0.15) is 49.3 Å². The predicted octanol–water partition coefficient (Wildman–Crippen LogP) is 4.21. The van der Waals surface area contributed by atoms with Gasteiger partial charge >= 0.3 is 31.4 Å². The molecule has 52 heavy (non-hydrogen) atoms. The second-order valence-corrected chi connectivity index (χ2v) is 14.4. The van der Waals surface area contributed by atoms with Gasteiger partial charge in [0, 0.05) is 18.1 Å². The second kappa shape index (κ2) is 18.1. The number of carbonyl (C=O) groups is 3. The molecule has 4 N–H and O–H groups in total. The number of nitrogens with zero attached hydrogens (tertiary/aromatic N) is 3. The number of esters is 1. The fourth-order valence-corrected chi connectivity index (χ4v) is 4.92. The summed E-state index contributed by atoms with van der Waals surface area (Å²) in [4.78, 5) is 79.8. The van der Waals surface area contributed by atoms with Gasteiger partial charge in [-0.05, 0) is 57.5 Å². The zero-order valence-electron chi connectivity index (χ0n) is 28.3. The lowest BCUT2D eigenvalue weighted by atomic mass is 9.95. The average Bonchev–Trinajstić information content (AvgIpc) is 3.26. The van der Waals surface area contributed by atoms with Crippen LogP contribution in [-0.4, -0.2) is 72.5 Å². The van der Waals surface area contributed by atoms with Crippen LogP contribution in [-0.2, 0) is 43.5 Å². The topological polar surface area (TPSA) is 207 Å². The van der Waals surface area contributed by atoms with Crippen LogP contribution in [0.4, 0.5) is 13.2 Å². The van der Waals surface area contributed by atoms with Crippen LogP contribution in [0.15, 0.2) is 58.1 Å². The standard InChI is InChI=1S/C16H14ClF3N2O4.C12H14ClNO2.C3H8NO5P/c1-8(2)26-14(24)10-6-9(4-5-11(10)17)22-13(23)7-12(16(18,19)20)21(3)15(22)25;1-12(2)8-16-14(11(12)15)7-9-5-3-4-6-10(9)13;5-3(6)1-4-2-10(7,8)9/h4-8H,1-3H3;3-6H,7-8H2,1-2H3;4H,1-2H2,(H,5,6)(H2,7,8,9). The number of aromatic nitrogens is 2. The Morgan fingerprint density at radius 2 is 1.67 bits per heavy atom. The number of rotatable bonds is 9. The largest absolute Gasteiger partial charge is 0.480 e. The van der Waals surface area contributed by atoms with E-state index < -0.39 is 67.0 Å². The van der Waals surface area contributed by atoms with Crippen molar-refractivity contribution in [3.8, 4) is 5.69 Å². The number of hydrogen-bond donors (Lipinski definition) is 4. The maximum Gasteiger partial charge on any atom is 0.431 e. The van der Waals surface area contributed by atoms with Gasteiger partial charge in [0.05, 0.1) is 53.8 Å². The summed E-state index contributed by atoms with van der Waals surface area (Å²) in [7, 11) is -3.20. The fourth-order valence-electron chi connectivity index (χ4n) is 4.13. The molecule has 0 unspecified atom stereocenters. The lowest BCUT2D eigenvalue weighted by molar-refractivity contribution is -0.165. The first-order valence-electron chi connectivity index (χ1n) is 14.9. The van der Waals surface area contributed by atoms with Crippen molar-refractivity contribution >= 4 is 48.6 Å². The monoisotopic (exact) mass is 798 g/mol. The van der Waals surface area contributed by atoms with Gasteiger partial charge in [-0.15, -0.1) is 0 Å². The smallest absolute Gasteiger partial charge is 0.431 e. The molecule has 286 valence electrons. The Kier molecular flexibility index (Phi) is 15.4. The van der Waals surface area contributed by atoms with E-state index in [4.69, 9.17) is 47.7 Å². The molecule has 4 rings (SSSR count). The zero-order valence-corrected chi connectivity index (χ0v) is 30.7. The Bertz CT molecular complexity index is 1950. The minimum absolute atomic E-state index is 0.00687. The maximum atomic E-state index is 12.9. The third-order valence-corrected chi connectivity index (χ3v) is 7.97. The van der Waals surface area contributed by atoms with E-state index in [0.29, 0.717) is 33.4 Å². The van der Waals surface area contributed by atoms with Gasteiger partial charge in [0.15, 0.2) is 0 Å². The third kappa shape index (κ3) is 12.9. The Labute approximate surface area is 304 Å². The van der Waals surface area contributed by atoms with E-state index in [1.54, 1.807) is 13.8 Å². The molecule has 0 saturated carbocycles. The molecule has 15 nitrogen and oxygen atoms in total. The van der Waals surface area contributed by atoms with Crippen LogP contribution in [0, 0.1) is 5.41 Å². The van der Waals surface area contributed by atoms with Crippen molar-refractivity contribution in [3.63, 3.8) is 0 Å². The van der Waals surface area contributed by atoms with Crippen molar-refractivity contribution < 1.29 is 56.6 Å². The molecule has 1 aliphatic heterocycles. The number of hydrogen-bond acceptors (Lipinski definition) is 9. The minimum Gasteiger partial charge on any atom is -0.480 e. The number of carboxylic acids is 1. The number of nitrogens with one attached hydrogen (secondary N) is 1. The molecule has 0 atom stereocenters. The Hall–Kier alpha value is -4.03. The lowest BCUT2D eigenvalue weighted by Crippen LogP contribution is -2.40. The highest BCUT2D eigenvalue weighted by molar-refractivity contribution is 7.51. The van der Waals surface area contributed by atoms with Gasteiger partial charge in [0.1, 0.15) is 5.69 Å². The molecule has 1 saturated heterocycles. The zero-order chi connectivity index (χ0) is 39.8. The molecule has 21 heteroatoms. The van der Waals surface area contributed by atoms with Crippen molar-refractivity contribution in [2.75, 3.05) is 19.4 Å². The summed E-state index contributed by atoms with van der Waals surface area (Å²) in [5.74, 6) is -1.93. The molecule has 3 aromatic rings. The molecule has 1 amide bonds. The molecule has 1 aliphatic rings. The summed E-state index contributed by atoms with van der Waals surface area (Å²) >= 11 is 12.0. The highest BCUT2D eigenvalue weighted by Gasteiger charge is 2.40. The van der Waals surface area contributed by atoms with E-state index >= 15 is 0 Å². The van der Waals surface area contributed by atoms with Crippen molar-refractivity contribution in [1.29, 1.82) is 0 Å². The van der Waals surface area contributed by atoms with E-state index in [1.807, 2.05) is 38.1 Å². The van der Waals surface area contributed by atoms with Gasteiger partial charge in [-0.25, -0.2) is 19.2 Å². The number of halogens is 5. The molecule has 1 fully saturated rings. The van der Waals surface area contributed by atoms with Crippen molar-refractivity contribution in [2.24, 2.45) is 12.5 Å². The molecule has 0 bridgehead atoms. The van der Waals surface area contributed by atoms with Crippen LogP contribution < -0.4 is 16.6 Å². The van der Waals surface area contributed by atoms with Crippen molar-refractivity contribution in [3.05, 3.63) is 96.2 Å². The molecular formula is C31H36Cl2F3N4O11P. The van der Waals surface area contributed by atoms with Gasteiger partial charge in [0.25, 0.3) is 11.5 Å². The number of amides is 1. The molecule has 2 aromatic carbocycles. The SMILES string of the molecule is CC(C)OC(=O)c1cc(-n2c(=O)cc(C(F)(F)F)n(C)c2=O)ccc1Cl.CC1(C)CON(Cc2ccccc2Cl)C1=O.O=C(O)CNCP(=O)(O)O. The summed E-state index contributed by atoms with van der Waals surface area (Å²) in [6.45, 7) is 7.38. The fraction of sp³-hybridized carbons (Fsp3) is 0.387. The average molecular weight is 800 g/mol. The number of ether oxygens (including phenoxy) is 1. The number of alkyl halides is 3. The number of carboxylic acid groups (broad SMARTS) is 1. The number of carbonyl (C=O) groups excluding carboxylic acids is 2. The van der Waals surface area contributed by atoms with Gasteiger partial charge in [-0.1, -0.05) is 41.4 Å². The molecule has 1 aromatic heterocycles. The molecule has 2 heterocycles. The van der Waals surface area contributed by atoms with Crippen LogP contribution >= 0.6 is 30.8 Å². The Balaban J connectivity index is 0.000000305. The Morgan fingerprint density at radius 1 is 1.06 bits per heavy atom. The first-order valence-corrected chi connectivity index (χ1v) is 17.5. The van der Waals surface area contributed by atoms with Crippen LogP contribution in [0.5, 0.6) is 0 Å².